The maximum absolute atomic E-state index is 5.98. The molecule has 13 heavy (non-hydrogen) atoms. The molecule has 2 nitrogen and oxygen atoms in total. The van der Waals surface area contributed by atoms with Crippen LogP contribution in [0.2, 0.25) is 0 Å². The third kappa shape index (κ3) is 2.68. The first kappa shape index (κ1) is 11.0. The molecule has 1 aliphatic rings. The molecule has 0 atom stereocenters. The van der Waals surface area contributed by atoms with Crippen LogP contribution in [0.1, 0.15) is 47.5 Å². The number of methoxy groups -OCH3 is 1. The Balaban J connectivity index is 2.84. The van der Waals surface area contributed by atoms with Crippen LogP contribution in [0.15, 0.2) is 0 Å². The smallest absolute Gasteiger partial charge is 0.0705 e. The molecule has 0 amide bonds. The molecule has 1 heterocycles. The Bertz CT molecular complexity index is 178. The molecule has 0 saturated carbocycles. The van der Waals surface area contributed by atoms with E-state index in [1.807, 2.05) is 0 Å². The van der Waals surface area contributed by atoms with E-state index in [0.29, 0.717) is 0 Å². The van der Waals surface area contributed by atoms with Crippen LogP contribution in [-0.2, 0) is 9.47 Å². The molecule has 1 aliphatic heterocycles. The monoisotopic (exact) mass is 186 g/mol. The van der Waals surface area contributed by atoms with Crippen LogP contribution in [0, 0.1) is 0 Å². The second-order valence-corrected chi connectivity index (χ2v) is 5.63. The van der Waals surface area contributed by atoms with Gasteiger partial charge in [0.1, 0.15) is 0 Å². The highest BCUT2D eigenvalue weighted by Crippen LogP contribution is 2.42. The van der Waals surface area contributed by atoms with Gasteiger partial charge in [-0.25, -0.2) is 0 Å². The van der Waals surface area contributed by atoms with Crippen molar-refractivity contribution in [3.8, 4) is 0 Å². The van der Waals surface area contributed by atoms with E-state index in [1.165, 1.54) is 0 Å². The molecule has 1 fully saturated rings. The Morgan fingerprint density at radius 2 is 1.31 bits per heavy atom. The normalized spacial score (nSPS) is 30.0. The third-order valence-electron chi connectivity index (χ3n) is 2.64. The van der Waals surface area contributed by atoms with E-state index in [9.17, 15) is 0 Å². The van der Waals surface area contributed by atoms with E-state index in [0.717, 1.165) is 12.8 Å². The van der Waals surface area contributed by atoms with Crippen molar-refractivity contribution >= 4 is 0 Å². The molecule has 0 aromatic heterocycles. The first-order valence-electron chi connectivity index (χ1n) is 4.93. The van der Waals surface area contributed by atoms with Gasteiger partial charge in [0.2, 0.25) is 0 Å². The Morgan fingerprint density at radius 3 is 1.62 bits per heavy atom. The summed E-state index contributed by atoms with van der Waals surface area (Å²) in [6, 6.07) is 0. The third-order valence-corrected chi connectivity index (χ3v) is 2.64. The van der Waals surface area contributed by atoms with Gasteiger partial charge in [-0.15, -0.1) is 0 Å². The summed E-state index contributed by atoms with van der Waals surface area (Å²) in [4.78, 5) is 0. The average molecular weight is 186 g/mol. The highest BCUT2D eigenvalue weighted by Gasteiger charge is 2.45. The van der Waals surface area contributed by atoms with Crippen molar-refractivity contribution in [1.29, 1.82) is 0 Å². The predicted molar refractivity (Wildman–Crippen MR) is 53.9 cm³/mol. The molecule has 0 spiro atoms. The summed E-state index contributed by atoms with van der Waals surface area (Å²) in [6.07, 6.45) is 1.92. The van der Waals surface area contributed by atoms with Gasteiger partial charge in [-0.05, 0) is 34.6 Å². The van der Waals surface area contributed by atoms with Crippen LogP contribution in [-0.4, -0.2) is 23.9 Å². The quantitative estimate of drug-likeness (QED) is 0.627. The van der Waals surface area contributed by atoms with E-state index in [4.69, 9.17) is 9.47 Å². The molecule has 0 radical (unpaired) electrons. The summed E-state index contributed by atoms with van der Waals surface area (Å²) in [5.74, 6) is 0. The molecule has 1 rings (SSSR count). The summed E-state index contributed by atoms with van der Waals surface area (Å²) < 4.78 is 11.5. The van der Waals surface area contributed by atoms with Crippen LogP contribution in [0.3, 0.4) is 0 Å². The molecule has 0 aromatic rings. The number of hydrogen-bond donors (Lipinski definition) is 0. The Labute approximate surface area is 81.6 Å². The van der Waals surface area contributed by atoms with E-state index < -0.39 is 0 Å². The summed E-state index contributed by atoms with van der Waals surface area (Å²) in [5.41, 5.74) is -0.190. The van der Waals surface area contributed by atoms with E-state index in [2.05, 4.69) is 34.6 Å². The SMILES string of the molecule is COC1(C)CC(C)(C)OC(C)(C)C1. The highest BCUT2D eigenvalue weighted by molar-refractivity contribution is 4.96. The summed E-state index contributed by atoms with van der Waals surface area (Å²) in [5, 5.41) is 0. The second-order valence-electron chi connectivity index (χ2n) is 5.63. The zero-order valence-electron chi connectivity index (χ0n) is 9.73. The van der Waals surface area contributed by atoms with Crippen molar-refractivity contribution in [2.24, 2.45) is 0 Å². The predicted octanol–water partition coefficient (Wildman–Crippen LogP) is 2.76. The van der Waals surface area contributed by atoms with Gasteiger partial charge in [0.05, 0.1) is 16.8 Å². The Morgan fingerprint density at radius 1 is 0.923 bits per heavy atom. The minimum Gasteiger partial charge on any atom is -0.378 e. The first-order chi connectivity index (χ1) is 5.68. The molecule has 0 bridgehead atoms. The van der Waals surface area contributed by atoms with Crippen molar-refractivity contribution in [2.45, 2.75) is 64.3 Å². The fourth-order valence-corrected chi connectivity index (χ4v) is 2.83. The summed E-state index contributed by atoms with van der Waals surface area (Å²) in [6.45, 7) is 10.7. The van der Waals surface area contributed by atoms with Crippen molar-refractivity contribution in [1.82, 2.24) is 0 Å². The lowest BCUT2D eigenvalue weighted by Gasteiger charge is -2.49. The van der Waals surface area contributed by atoms with Crippen molar-refractivity contribution in [3.63, 3.8) is 0 Å². The van der Waals surface area contributed by atoms with Gasteiger partial charge in [0.25, 0.3) is 0 Å². The zero-order chi connectivity index (χ0) is 10.3. The molecule has 78 valence electrons. The second kappa shape index (κ2) is 2.96. The van der Waals surface area contributed by atoms with E-state index in [1.54, 1.807) is 7.11 Å². The summed E-state index contributed by atoms with van der Waals surface area (Å²) >= 11 is 0. The van der Waals surface area contributed by atoms with Gasteiger partial charge >= 0.3 is 0 Å². The minimum absolute atomic E-state index is 0.0365. The van der Waals surface area contributed by atoms with Gasteiger partial charge in [0, 0.05) is 20.0 Å². The van der Waals surface area contributed by atoms with E-state index >= 15 is 0 Å². The van der Waals surface area contributed by atoms with Crippen LogP contribution < -0.4 is 0 Å². The highest BCUT2D eigenvalue weighted by atomic mass is 16.5. The van der Waals surface area contributed by atoms with Crippen LogP contribution in [0.5, 0.6) is 0 Å². The largest absolute Gasteiger partial charge is 0.378 e. The van der Waals surface area contributed by atoms with E-state index in [-0.39, 0.29) is 16.8 Å². The van der Waals surface area contributed by atoms with Crippen LogP contribution >= 0.6 is 0 Å². The van der Waals surface area contributed by atoms with Crippen LogP contribution in [0.4, 0.5) is 0 Å². The van der Waals surface area contributed by atoms with Crippen molar-refractivity contribution < 1.29 is 9.47 Å². The lowest BCUT2D eigenvalue weighted by molar-refractivity contribution is -0.222. The fourth-order valence-electron chi connectivity index (χ4n) is 2.83. The number of ether oxygens (including phenoxy) is 2. The Kier molecular flexibility index (Phi) is 2.50. The minimum atomic E-state index is -0.0769. The molecule has 0 aromatic carbocycles. The number of rotatable bonds is 1. The summed E-state index contributed by atoms with van der Waals surface area (Å²) in [7, 11) is 1.79. The number of hydrogen-bond acceptors (Lipinski definition) is 2. The van der Waals surface area contributed by atoms with Gasteiger partial charge in [0.15, 0.2) is 0 Å². The molecule has 1 saturated heterocycles. The van der Waals surface area contributed by atoms with Gasteiger partial charge in [-0.3, -0.25) is 0 Å². The maximum atomic E-state index is 5.98. The van der Waals surface area contributed by atoms with Crippen LogP contribution in [0.25, 0.3) is 0 Å². The van der Waals surface area contributed by atoms with Crippen molar-refractivity contribution in [2.75, 3.05) is 7.11 Å². The molecule has 0 unspecified atom stereocenters. The topological polar surface area (TPSA) is 18.5 Å². The molecule has 2 heteroatoms. The first-order valence-corrected chi connectivity index (χ1v) is 4.93. The van der Waals surface area contributed by atoms with Gasteiger partial charge in [-0.1, -0.05) is 0 Å². The molecular weight excluding hydrogens is 164 g/mol. The lowest BCUT2D eigenvalue weighted by atomic mass is 9.78. The van der Waals surface area contributed by atoms with Crippen molar-refractivity contribution in [3.05, 3.63) is 0 Å². The zero-order valence-corrected chi connectivity index (χ0v) is 9.73. The maximum Gasteiger partial charge on any atom is 0.0705 e. The standard InChI is InChI=1S/C11H22O2/c1-9(2)7-11(5,12-6)8-10(3,4)13-9/h7-8H2,1-6H3. The lowest BCUT2D eigenvalue weighted by Crippen LogP contribution is -2.53. The molecule has 0 N–H and O–H groups in total. The fraction of sp³-hybridized carbons (Fsp3) is 1.00. The average Bonchev–Trinajstić information content (AvgIpc) is 1.79. The molecule has 0 aliphatic carbocycles. The molecular formula is C11H22O2. The van der Waals surface area contributed by atoms with Gasteiger partial charge < -0.3 is 9.47 Å². The van der Waals surface area contributed by atoms with Gasteiger partial charge in [-0.2, -0.15) is 0 Å². The Hall–Kier alpha value is -0.0800.